The van der Waals surface area contributed by atoms with Gasteiger partial charge in [-0.3, -0.25) is 14.3 Å². The van der Waals surface area contributed by atoms with Crippen molar-refractivity contribution in [3.05, 3.63) is 40.2 Å². The van der Waals surface area contributed by atoms with E-state index in [9.17, 15) is 4.79 Å². The lowest BCUT2D eigenvalue weighted by molar-refractivity contribution is 0.0889. The fraction of sp³-hybridized carbons (Fsp3) is 0.500. The minimum absolute atomic E-state index is 0.000709. The number of aromatic nitrogens is 6. The van der Waals surface area contributed by atoms with Gasteiger partial charge in [-0.25, -0.2) is 19.5 Å². The van der Waals surface area contributed by atoms with Gasteiger partial charge in [0.25, 0.3) is 5.56 Å². The highest BCUT2D eigenvalue weighted by molar-refractivity contribution is 7.21. The molecule has 5 rings (SSSR count). The summed E-state index contributed by atoms with van der Waals surface area (Å²) in [5.41, 5.74) is 4.16. The molecule has 0 saturated carbocycles. The van der Waals surface area contributed by atoms with Crippen LogP contribution in [0.25, 0.3) is 26.7 Å². The minimum Gasteiger partial charge on any atom is -0.298 e. The van der Waals surface area contributed by atoms with Gasteiger partial charge in [0.1, 0.15) is 21.7 Å². The highest BCUT2D eigenvalue weighted by atomic mass is 32.1. The Morgan fingerprint density at radius 2 is 1.87 bits per heavy atom. The molecule has 0 unspecified atom stereocenters. The zero-order valence-corrected chi connectivity index (χ0v) is 19.4. The van der Waals surface area contributed by atoms with Crippen molar-refractivity contribution in [2.75, 3.05) is 13.1 Å². The lowest BCUT2D eigenvalue weighted by Gasteiger charge is -2.41. The maximum Gasteiger partial charge on any atom is 0.273 e. The molecule has 4 aromatic rings. The molecule has 162 valence electrons. The molecule has 1 saturated heterocycles. The molecule has 1 aliphatic rings. The first-order chi connectivity index (χ1) is 14.7. The van der Waals surface area contributed by atoms with Crippen molar-refractivity contribution in [1.82, 2.24) is 34.0 Å². The van der Waals surface area contributed by atoms with Gasteiger partial charge >= 0.3 is 0 Å². The van der Waals surface area contributed by atoms with Crippen LogP contribution in [0.15, 0.2) is 23.4 Å². The van der Waals surface area contributed by atoms with Crippen molar-refractivity contribution in [3.63, 3.8) is 0 Å². The van der Waals surface area contributed by atoms with Gasteiger partial charge in [0.15, 0.2) is 11.3 Å². The molecule has 9 heteroatoms. The maximum atomic E-state index is 13.3. The van der Waals surface area contributed by atoms with Crippen LogP contribution in [0.1, 0.15) is 50.9 Å². The zero-order chi connectivity index (χ0) is 21.9. The van der Waals surface area contributed by atoms with E-state index in [1.54, 1.807) is 10.8 Å². The standard InChI is InChI=1S/C22H27N7OS/c1-13-10-16(26-29-11-14(2)24-19(13)29)20-25-18-17(31-20)21(30)28(12-23-18)15-6-8-27(9-7-15)22(3,4)5/h10-12,15H,6-9H2,1-5H3. The third-order valence-corrected chi connectivity index (χ3v) is 7.15. The molecule has 0 aliphatic carbocycles. The molecule has 1 aliphatic heterocycles. The number of rotatable bonds is 2. The Balaban J connectivity index is 1.49. The van der Waals surface area contributed by atoms with Gasteiger partial charge in [0.05, 0.1) is 11.9 Å². The number of hydrogen-bond donors (Lipinski definition) is 0. The Kier molecular flexibility index (Phi) is 4.71. The Morgan fingerprint density at radius 1 is 1.13 bits per heavy atom. The number of fused-ring (bicyclic) bond motifs is 2. The molecule has 1 fully saturated rings. The monoisotopic (exact) mass is 437 g/mol. The molecule has 0 aromatic carbocycles. The predicted molar refractivity (Wildman–Crippen MR) is 123 cm³/mol. The van der Waals surface area contributed by atoms with Crippen molar-refractivity contribution in [1.29, 1.82) is 0 Å². The van der Waals surface area contributed by atoms with E-state index in [4.69, 9.17) is 0 Å². The molecule has 0 bridgehead atoms. The highest BCUT2D eigenvalue weighted by Crippen LogP contribution is 2.29. The molecule has 0 atom stereocenters. The Morgan fingerprint density at radius 3 is 2.58 bits per heavy atom. The number of imidazole rings is 1. The number of nitrogens with zero attached hydrogens (tertiary/aromatic N) is 7. The third-order valence-electron chi connectivity index (χ3n) is 6.10. The van der Waals surface area contributed by atoms with Gasteiger partial charge in [-0.15, -0.1) is 11.3 Å². The number of piperidine rings is 1. The normalized spacial score (nSPS) is 16.5. The van der Waals surface area contributed by atoms with Crippen LogP contribution in [-0.4, -0.2) is 52.7 Å². The molecule has 0 amide bonds. The van der Waals surface area contributed by atoms with Gasteiger partial charge < -0.3 is 0 Å². The SMILES string of the molecule is Cc1cn2nc(-c3nc4ncn(C5CCN(C(C)(C)C)CC5)c(=O)c4s3)cc(C)c2n1. The summed E-state index contributed by atoms with van der Waals surface area (Å²) in [5, 5.41) is 5.36. The first-order valence-electron chi connectivity index (χ1n) is 10.7. The topological polar surface area (TPSA) is 81.2 Å². The fourth-order valence-electron chi connectivity index (χ4n) is 4.36. The van der Waals surface area contributed by atoms with Crippen molar-refractivity contribution in [2.45, 2.75) is 59.0 Å². The Labute approximate surface area is 184 Å². The molecular weight excluding hydrogens is 410 g/mol. The summed E-state index contributed by atoms with van der Waals surface area (Å²) in [6.07, 6.45) is 5.47. The van der Waals surface area contributed by atoms with Crippen molar-refractivity contribution >= 4 is 27.3 Å². The predicted octanol–water partition coefficient (Wildman–Crippen LogP) is 3.61. The molecule has 8 nitrogen and oxygen atoms in total. The second kappa shape index (κ2) is 7.20. The van der Waals surface area contributed by atoms with Gasteiger partial charge in [-0.1, -0.05) is 0 Å². The van der Waals surface area contributed by atoms with E-state index in [1.807, 2.05) is 30.7 Å². The summed E-state index contributed by atoms with van der Waals surface area (Å²) in [7, 11) is 0. The molecule has 31 heavy (non-hydrogen) atoms. The summed E-state index contributed by atoms with van der Waals surface area (Å²) in [6.45, 7) is 12.7. The molecule has 4 aromatic heterocycles. The second-order valence-electron chi connectivity index (χ2n) is 9.38. The van der Waals surface area contributed by atoms with Crippen LogP contribution in [0.3, 0.4) is 0 Å². The summed E-state index contributed by atoms with van der Waals surface area (Å²) in [5.74, 6) is 0. The van der Waals surface area contributed by atoms with Gasteiger partial charge in [-0.2, -0.15) is 5.10 Å². The van der Waals surface area contributed by atoms with Crippen LogP contribution < -0.4 is 5.56 Å². The number of aryl methyl sites for hydroxylation is 2. The summed E-state index contributed by atoms with van der Waals surface area (Å²) >= 11 is 1.37. The quantitative estimate of drug-likeness (QED) is 0.476. The maximum absolute atomic E-state index is 13.3. The lowest BCUT2D eigenvalue weighted by atomic mass is 9.98. The van der Waals surface area contributed by atoms with E-state index in [0.717, 1.165) is 48.5 Å². The average molecular weight is 438 g/mol. The molecule has 0 radical (unpaired) electrons. The zero-order valence-electron chi connectivity index (χ0n) is 18.6. The second-order valence-corrected chi connectivity index (χ2v) is 10.4. The lowest BCUT2D eigenvalue weighted by Crippen LogP contribution is -2.47. The number of likely N-dealkylation sites (tertiary alicyclic amines) is 1. The van der Waals surface area contributed by atoms with Crippen LogP contribution in [0.2, 0.25) is 0 Å². The van der Waals surface area contributed by atoms with E-state index in [0.29, 0.717) is 15.4 Å². The van der Waals surface area contributed by atoms with Gasteiger partial charge in [-0.05, 0) is 59.1 Å². The first-order valence-corrected chi connectivity index (χ1v) is 11.5. The van der Waals surface area contributed by atoms with Crippen LogP contribution in [-0.2, 0) is 0 Å². The molecule has 0 N–H and O–H groups in total. The van der Waals surface area contributed by atoms with Gasteiger partial charge in [0.2, 0.25) is 0 Å². The molecule has 0 spiro atoms. The summed E-state index contributed by atoms with van der Waals surface area (Å²) in [4.78, 5) is 29.4. The van der Waals surface area contributed by atoms with Crippen LogP contribution in [0, 0.1) is 13.8 Å². The molecule has 5 heterocycles. The number of hydrogen-bond acceptors (Lipinski definition) is 7. The summed E-state index contributed by atoms with van der Waals surface area (Å²) in [6, 6.07) is 2.15. The van der Waals surface area contributed by atoms with Gasteiger partial charge in [0, 0.05) is 24.7 Å². The third kappa shape index (κ3) is 3.55. The smallest absolute Gasteiger partial charge is 0.273 e. The van der Waals surface area contributed by atoms with Crippen LogP contribution in [0.5, 0.6) is 0 Å². The highest BCUT2D eigenvalue weighted by Gasteiger charge is 2.28. The van der Waals surface area contributed by atoms with Crippen LogP contribution in [0.4, 0.5) is 0 Å². The first kappa shape index (κ1) is 20.3. The largest absolute Gasteiger partial charge is 0.298 e. The van der Waals surface area contributed by atoms with E-state index in [-0.39, 0.29) is 17.1 Å². The summed E-state index contributed by atoms with van der Waals surface area (Å²) < 4.78 is 4.18. The van der Waals surface area contributed by atoms with Crippen molar-refractivity contribution < 1.29 is 0 Å². The number of thiazole rings is 1. The van der Waals surface area contributed by atoms with Crippen molar-refractivity contribution in [3.8, 4) is 10.7 Å². The van der Waals surface area contributed by atoms with Crippen molar-refractivity contribution in [2.24, 2.45) is 0 Å². The van der Waals surface area contributed by atoms with E-state index in [2.05, 4.69) is 45.7 Å². The van der Waals surface area contributed by atoms with E-state index >= 15 is 0 Å². The minimum atomic E-state index is -0.000709. The van der Waals surface area contributed by atoms with Crippen LogP contribution >= 0.6 is 11.3 Å². The van der Waals surface area contributed by atoms with E-state index in [1.165, 1.54) is 11.3 Å². The van der Waals surface area contributed by atoms with E-state index < -0.39 is 0 Å². The Hall–Kier alpha value is -2.65. The Bertz CT molecular complexity index is 1340. The fourth-order valence-corrected chi connectivity index (χ4v) is 5.27. The molecular formula is C22H27N7OS. The average Bonchev–Trinajstić information content (AvgIpc) is 3.31.